The molecule has 0 aliphatic carbocycles. The third-order valence-corrected chi connectivity index (χ3v) is 5.16. The molecule has 3 N–H and O–H groups in total. The van der Waals surface area contributed by atoms with Crippen LogP contribution >= 0.6 is 15.9 Å². The van der Waals surface area contributed by atoms with Crippen LogP contribution in [0.5, 0.6) is 0 Å². The van der Waals surface area contributed by atoms with E-state index in [4.69, 9.17) is 5.73 Å². The SMILES string of the molecule is CC(C)C(C)CNS(=O)(=O)c1cc(Br)c(F)cc1N. The largest absolute Gasteiger partial charge is 0.398 e. The van der Waals surface area contributed by atoms with Gasteiger partial charge in [-0.3, -0.25) is 0 Å². The van der Waals surface area contributed by atoms with Crippen molar-refractivity contribution in [2.24, 2.45) is 11.8 Å². The van der Waals surface area contributed by atoms with Gasteiger partial charge in [0.05, 0.1) is 10.2 Å². The highest BCUT2D eigenvalue weighted by Gasteiger charge is 2.20. The molecule has 19 heavy (non-hydrogen) atoms. The molecule has 0 fully saturated rings. The van der Waals surface area contributed by atoms with Gasteiger partial charge in [0.2, 0.25) is 10.0 Å². The van der Waals surface area contributed by atoms with Gasteiger partial charge in [0.1, 0.15) is 10.7 Å². The average molecular weight is 353 g/mol. The molecule has 0 spiro atoms. The average Bonchev–Trinajstić information content (AvgIpc) is 2.30. The second-order valence-electron chi connectivity index (χ2n) is 4.88. The van der Waals surface area contributed by atoms with Crippen LogP contribution in [0.15, 0.2) is 21.5 Å². The van der Waals surface area contributed by atoms with Crippen molar-refractivity contribution in [1.82, 2.24) is 4.72 Å². The van der Waals surface area contributed by atoms with Crippen LogP contribution in [0.4, 0.5) is 10.1 Å². The van der Waals surface area contributed by atoms with Crippen molar-refractivity contribution in [3.8, 4) is 0 Å². The van der Waals surface area contributed by atoms with Crippen molar-refractivity contribution >= 4 is 31.6 Å². The molecule has 0 bridgehead atoms. The number of nitrogens with one attached hydrogen (secondary N) is 1. The lowest BCUT2D eigenvalue weighted by Gasteiger charge is -2.17. The molecule has 1 rings (SSSR count). The van der Waals surface area contributed by atoms with Crippen LogP contribution in [0.3, 0.4) is 0 Å². The summed E-state index contributed by atoms with van der Waals surface area (Å²) in [4.78, 5) is -0.114. The highest BCUT2D eigenvalue weighted by Crippen LogP contribution is 2.26. The predicted molar refractivity (Wildman–Crippen MR) is 77.7 cm³/mol. The van der Waals surface area contributed by atoms with E-state index >= 15 is 0 Å². The first-order valence-electron chi connectivity index (χ1n) is 5.89. The van der Waals surface area contributed by atoms with E-state index in [9.17, 15) is 12.8 Å². The minimum atomic E-state index is -3.73. The Morgan fingerprint density at radius 2 is 1.95 bits per heavy atom. The van der Waals surface area contributed by atoms with E-state index in [0.717, 1.165) is 6.07 Å². The Morgan fingerprint density at radius 3 is 2.47 bits per heavy atom. The third-order valence-electron chi connectivity index (χ3n) is 3.08. The third kappa shape index (κ3) is 4.15. The first-order valence-corrected chi connectivity index (χ1v) is 8.17. The first kappa shape index (κ1) is 16.4. The van der Waals surface area contributed by atoms with Crippen molar-refractivity contribution in [3.05, 3.63) is 22.4 Å². The molecule has 0 saturated heterocycles. The summed E-state index contributed by atoms with van der Waals surface area (Å²) in [7, 11) is -3.73. The van der Waals surface area contributed by atoms with E-state index < -0.39 is 15.8 Å². The Hall–Kier alpha value is -0.660. The molecule has 0 aliphatic heterocycles. The summed E-state index contributed by atoms with van der Waals surface area (Å²) >= 11 is 2.95. The van der Waals surface area contributed by atoms with Gasteiger partial charge in [-0.15, -0.1) is 0 Å². The number of hydrogen-bond donors (Lipinski definition) is 2. The number of halogens is 2. The topological polar surface area (TPSA) is 72.2 Å². The van der Waals surface area contributed by atoms with Gasteiger partial charge in [-0.2, -0.15) is 0 Å². The number of benzene rings is 1. The standard InChI is InChI=1S/C12H18BrFN2O2S/c1-7(2)8(3)6-16-19(17,18)12-4-9(13)10(14)5-11(12)15/h4-5,7-8,16H,6,15H2,1-3H3. The lowest BCUT2D eigenvalue weighted by atomic mass is 9.99. The van der Waals surface area contributed by atoms with E-state index in [1.807, 2.05) is 20.8 Å². The molecule has 0 amide bonds. The lowest BCUT2D eigenvalue weighted by molar-refractivity contribution is 0.414. The van der Waals surface area contributed by atoms with E-state index in [1.165, 1.54) is 6.07 Å². The Labute approximate surface area is 121 Å². The van der Waals surface area contributed by atoms with Crippen LogP contribution in [0.25, 0.3) is 0 Å². The highest BCUT2D eigenvalue weighted by molar-refractivity contribution is 9.10. The summed E-state index contributed by atoms with van der Waals surface area (Å²) in [5, 5.41) is 0. The van der Waals surface area contributed by atoms with Gasteiger partial charge in [-0.1, -0.05) is 20.8 Å². The van der Waals surface area contributed by atoms with Crippen molar-refractivity contribution in [1.29, 1.82) is 0 Å². The molecule has 1 unspecified atom stereocenters. The quantitative estimate of drug-likeness (QED) is 0.800. The second kappa shape index (κ2) is 6.19. The molecule has 0 saturated carbocycles. The smallest absolute Gasteiger partial charge is 0.242 e. The number of hydrogen-bond acceptors (Lipinski definition) is 3. The first-order chi connectivity index (χ1) is 8.65. The maximum absolute atomic E-state index is 13.2. The van der Waals surface area contributed by atoms with E-state index in [2.05, 4.69) is 20.7 Å². The summed E-state index contributed by atoms with van der Waals surface area (Å²) in [5.41, 5.74) is 5.46. The highest BCUT2D eigenvalue weighted by atomic mass is 79.9. The van der Waals surface area contributed by atoms with E-state index in [-0.39, 0.29) is 21.0 Å². The lowest BCUT2D eigenvalue weighted by Crippen LogP contribution is -2.30. The van der Waals surface area contributed by atoms with Crippen LogP contribution in [-0.2, 0) is 10.0 Å². The van der Waals surface area contributed by atoms with Crippen LogP contribution in [0.2, 0.25) is 0 Å². The Kier molecular flexibility index (Phi) is 5.34. The molecule has 1 aromatic rings. The van der Waals surface area contributed by atoms with Crippen molar-refractivity contribution in [2.75, 3.05) is 12.3 Å². The Balaban J connectivity index is 2.98. The number of rotatable bonds is 5. The zero-order valence-electron chi connectivity index (χ0n) is 11.1. The molecule has 0 radical (unpaired) electrons. The normalized spacial score (nSPS) is 13.8. The maximum Gasteiger partial charge on any atom is 0.242 e. The van der Waals surface area contributed by atoms with Crippen LogP contribution in [-0.4, -0.2) is 15.0 Å². The van der Waals surface area contributed by atoms with Gasteiger partial charge in [0.15, 0.2) is 0 Å². The molecule has 0 aliphatic rings. The van der Waals surface area contributed by atoms with Crippen LogP contribution in [0.1, 0.15) is 20.8 Å². The fourth-order valence-corrected chi connectivity index (χ4v) is 3.11. The zero-order valence-corrected chi connectivity index (χ0v) is 13.5. The van der Waals surface area contributed by atoms with E-state index in [1.54, 1.807) is 0 Å². The van der Waals surface area contributed by atoms with Crippen molar-refractivity contribution in [2.45, 2.75) is 25.7 Å². The number of nitrogens with two attached hydrogens (primary N) is 1. The molecule has 7 heteroatoms. The fraction of sp³-hybridized carbons (Fsp3) is 0.500. The van der Waals surface area contributed by atoms with Gasteiger partial charge in [-0.25, -0.2) is 17.5 Å². The van der Waals surface area contributed by atoms with Crippen LogP contribution in [0, 0.1) is 17.7 Å². The molecular formula is C12H18BrFN2O2S. The van der Waals surface area contributed by atoms with Gasteiger partial charge in [0, 0.05) is 6.54 Å². The van der Waals surface area contributed by atoms with Gasteiger partial charge in [-0.05, 0) is 39.9 Å². The van der Waals surface area contributed by atoms with Crippen molar-refractivity contribution in [3.63, 3.8) is 0 Å². The monoisotopic (exact) mass is 352 g/mol. The number of sulfonamides is 1. The fourth-order valence-electron chi connectivity index (χ4n) is 1.33. The van der Waals surface area contributed by atoms with Crippen LogP contribution < -0.4 is 10.5 Å². The van der Waals surface area contributed by atoms with Gasteiger partial charge >= 0.3 is 0 Å². The minimum absolute atomic E-state index is 0.0685. The molecular weight excluding hydrogens is 335 g/mol. The molecule has 4 nitrogen and oxygen atoms in total. The summed E-state index contributed by atoms with van der Waals surface area (Å²) in [6, 6.07) is 2.16. The number of anilines is 1. The molecule has 1 aromatic carbocycles. The number of nitrogen functional groups attached to an aromatic ring is 1. The Morgan fingerprint density at radius 1 is 1.37 bits per heavy atom. The summed E-state index contributed by atoms with van der Waals surface area (Å²) in [6.45, 7) is 6.30. The van der Waals surface area contributed by atoms with E-state index in [0.29, 0.717) is 12.5 Å². The molecule has 108 valence electrons. The predicted octanol–water partition coefficient (Wildman–Crippen LogP) is 2.74. The summed E-state index contributed by atoms with van der Waals surface area (Å²) in [5.74, 6) is -0.0353. The molecule has 0 heterocycles. The molecule has 0 aromatic heterocycles. The second-order valence-corrected chi connectivity index (χ2v) is 7.47. The molecule has 1 atom stereocenters. The summed E-state index contributed by atoms with van der Waals surface area (Å²) in [6.07, 6.45) is 0. The van der Waals surface area contributed by atoms with Crippen molar-refractivity contribution < 1.29 is 12.8 Å². The zero-order chi connectivity index (χ0) is 14.8. The Bertz CT molecular complexity index is 561. The summed E-state index contributed by atoms with van der Waals surface area (Å²) < 4.78 is 40.0. The maximum atomic E-state index is 13.2. The minimum Gasteiger partial charge on any atom is -0.398 e. The van der Waals surface area contributed by atoms with Gasteiger partial charge in [0.25, 0.3) is 0 Å². The van der Waals surface area contributed by atoms with Gasteiger partial charge < -0.3 is 5.73 Å².